The molecule has 0 aromatic carbocycles. The molecule has 1 aliphatic rings. The first kappa shape index (κ1) is 8.04. The summed E-state index contributed by atoms with van der Waals surface area (Å²) in [5.74, 6) is -1.75. The monoisotopic (exact) mass is 158 g/mol. The molecule has 1 aliphatic heterocycles. The van der Waals surface area contributed by atoms with Gasteiger partial charge in [0.2, 0.25) is 0 Å². The summed E-state index contributed by atoms with van der Waals surface area (Å²) in [5, 5.41) is 8.37. The van der Waals surface area contributed by atoms with E-state index in [9.17, 15) is 9.59 Å². The maximum absolute atomic E-state index is 10.8. The molecule has 11 heavy (non-hydrogen) atoms. The summed E-state index contributed by atoms with van der Waals surface area (Å²) in [6, 6.07) is 0. The molecule has 4 nitrogen and oxygen atoms in total. The van der Waals surface area contributed by atoms with Crippen LogP contribution in [0.2, 0.25) is 0 Å². The van der Waals surface area contributed by atoms with Crippen molar-refractivity contribution in [1.29, 1.82) is 0 Å². The minimum absolute atomic E-state index is 0.108. The highest BCUT2D eigenvalue weighted by Gasteiger charge is 2.33. The molecule has 0 radical (unpaired) electrons. The van der Waals surface area contributed by atoms with Crippen molar-refractivity contribution in [3.05, 3.63) is 0 Å². The maximum atomic E-state index is 10.8. The Morgan fingerprint density at radius 3 is 2.82 bits per heavy atom. The van der Waals surface area contributed by atoms with E-state index in [1.165, 1.54) is 0 Å². The molecule has 1 fully saturated rings. The van der Waals surface area contributed by atoms with Gasteiger partial charge in [0.25, 0.3) is 0 Å². The Labute approximate surface area is 64.2 Å². The third kappa shape index (κ3) is 1.93. The van der Waals surface area contributed by atoms with Gasteiger partial charge in [0, 0.05) is 0 Å². The van der Waals surface area contributed by atoms with Crippen LogP contribution in [0.4, 0.5) is 0 Å². The zero-order valence-electron chi connectivity index (χ0n) is 6.24. The molecule has 0 aromatic heterocycles. The van der Waals surface area contributed by atoms with Crippen LogP contribution in [0.5, 0.6) is 0 Å². The molecule has 1 heterocycles. The zero-order valence-corrected chi connectivity index (χ0v) is 6.24. The lowest BCUT2D eigenvalue weighted by molar-refractivity contribution is -0.148. The Morgan fingerprint density at radius 2 is 2.45 bits per heavy atom. The molecule has 0 saturated carbocycles. The van der Waals surface area contributed by atoms with Gasteiger partial charge in [-0.25, -0.2) is 0 Å². The van der Waals surface area contributed by atoms with Gasteiger partial charge in [-0.3, -0.25) is 9.59 Å². The van der Waals surface area contributed by atoms with Crippen molar-refractivity contribution in [3.8, 4) is 0 Å². The van der Waals surface area contributed by atoms with Gasteiger partial charge in [-0.1, -0.05) is 0 Å². The average molecular weight is 158 g/mol. The van der Waals surface area contributed by atoms with Gasteiger partial charge in [-0.15, -0.1) is 0 Å². The first-order chi connectivity index (χ1) is 5.09. The van der Waals surface area contributed by atoms with Crippen molar-refractivity contribution in [2.75, 3.05) is 0 Å². The van der Waals surface area contributed by atoms with Crippen LogP contribution in [0.1, 0.15) is 19.8 Å². The van der Waals surface area contributed by atoms with Crippen LogP contribution in [0.25, 0.3) is 0 Å². The van der Waals surface area contributed by atoms with Crippen LogP contribution >= 0.6 is 0 Å². The smallest absolute Gasteiger partial charge is 0.309 e. The molecule has 1 N–H and O–H groups in total. The highest BCUT2D eigenvalue weighted by atomic mass is 16.5. The average Bonchev–Trinajstić information content (AvgIpc) is 2.09. The Hall–Kier alpha value is -1.06. The third-order valence-electron chi connectivity index (χ3n) is 1.69. The summed E-state index contributed by atoms with van der Waals surface area (Å²) >= 11 is 0. The lowest BCUT2D eigenvalue weighted by Gasteiger charge is -1.97. The predicted molar refractivity (Wildman–Crippen MR) is 35.9 cm³/mol. The zero-order chi connectivity index (χ0) is 8.43. The number of carboxylic acids is 1. The number of hydrogen-bond donors (Lipinski definition) is 1. The second kappa shape index (κ2) is 2.90. The standard InChI is InChI=1S/C7H10O4/c1-4-2-5(3-6(8)9)7(10)11-4/h4-5H,2-3H2,1H3,(H,8,9). The van der Waals surface area contributed by atoms with Gasteiger partial charge in [0.1, 0.15) is 0 Å². The normalized spacial score (nSPS) is 30.1. The molecule has 1 saturated heterocycles. The Bertz CT molecular complexity index is 187. The fourth-order valence-electron chi connectivity index (χ4n) is 1.22. The summed E-state index contributed by atoms with van der Waals surface area (Å²) in [6.45, 7) is 1.76. The number of carbonyl (C=O) groups is 2. The Kier molecular flexibility index (Phi) is 2.12. The van der Waals surface area contributed by atoms with E-state index < -0.39 is 11.9 Å². The van der Waals surface area contributed by atoms with Crippen LogP contribution in [-0.4, -0.2) is 23.1 Å². The largest absolute Gasteiger partial charge is 0.481 e. The lowest BCUT2D eigenvalue weighted by Crippen LogP contribution is -2.12. The van der Waals surface area contributed by atoms with E-state index in [1.54, 1.807) is 6.92 Å². The summed E-state index contributed by atoms with van der Waals surface area (Å²) in [6.07, 6.45) is 0.306. The first-order valence-electron chi connectivity index (χ1n) is 3.52. The molecular weight excluding hydrogens is 148 g/mol. The van der Waals surface area contributed by atoms with Crippen LogP contribution in [0.15, 0.2) is 0 Å². The van der Waals surface area contributed by atoms with Crippen LogP contribution in [0, 0.1) is 5.92 Å². The van der Waals surface area contributed by atoms with Crippen molar-refractivity contribution in [1.82, 2.24) is 0 Å². The Balaban J connectivity index is 2.47. The second-order valence-corrected chi connectivity index (χ2v) is 2.78. The van der Waals surface area contributed by atoms with Gasteiger partial charge in [-0.05, 0) is 13.3 Å². The van der Waals surface area contributed by atoms with Gasteiger partial charge in [0.15, 0.2) is 0 Å². The number of esters is 1. The number of hydrogen-bond acceptors (Lipinski definition) is 3. The number of cyclic esters (lactones) is 1. The van der Waals surface area contributed by atoms with Crippen LogP contribution in [-0.2, 0) is 14.3 Å². The molecule has 0 bridgehead atoms. The number of rotatable bonds is 2. The number of carboxylic acid groups (broad SMARTS) is 1. The van der Waals surface area contributed by atoms with E-state index in [-0.39, 0.29) is 18.5 Å². The van der Waals surface area contributed by atoms with E-state index in [4.69, 9.17) is 9.84 Å². The predicted octanol–water partition coefficient (Wildman–Crippen LogP) is 0.413. The maximum Gasteiger partial charge on any atom is 0.309 e. The molecule has 1 rings (SSSR count). The summed E-state index contributed by atoms with van der Waals surface area (Å²) < 4.78 is 4.77. The van der Waals surface area contributed by atoms with Crippen molar-refractivity contribution in [2.24, 2.45) is 5.92 Å². The van der Waals surface area contributed by atoms with Crippen molar-refractivity contribution in [3.63, 3.8) is 0 Å². The van der Waals surface area contributed by atoms with Gasteiger partial charge in [0.05, 0.1) is 18.4 Å². The molecule has 0 aromatic rings. The molecular formula is C7H10O4. The minimum atomic E-state index is -0.943. The quantitative estimate of drug-likeness (QED) is 0.591. The van der Waals surface area contributed by atoms with E-state index in [2.05, 4.69) is 0 Å². The Morgan fingerprint density at radius 1 is 1.82 bits per heavy atom. The summed E-state index contributed by atoms with van der Waals surface area (Å²) in [4.78, 5) is 21.0. The van der Waals surface area contributed by atoms with Gasteiger partial charge in [-0.2, -0.15) is 0 Å². The van der Waals surface area contributed by atoms with Crippen LogP contribution < -0.4 is 0 Å². The van der Waals surface area contributed by atoms with Gasteiger partial charge >= 0.3 is 11.9 Å². The van der Waals surface area contributed by atoms with E-state index in [1.807, 2.05) is 0 Å². The molecule has 62 valence electrons. The van der Waals surface area contributed by atoms with Crippen molar-refractivity contribution < 1.29 is 19.4 Å². The molecule has 0 spiro atoms. The van der Waals surface area contributed by atoms with Crippen molar-refractivity contribution in [2.45, 2.75) is 25.9 Å². The number of aliphatic carboxylic acids is 1. The fraction of sp³-hybridized carbons (Fsp3) is 0.714. The van der Waals surface area contributed by atoms with Gasteiger partial charge < -0.3 is 9.84 Å². The summed E-state index contributed by atoms with van der Waals surface area (Å²) in [5.41, 5.74) is 0. The highest BCUT2D eigenvalue weighted by Crippen LogP contribution is 2.23. The first-order valence-corrected chi connectivity index (χ1v) is 3.52. The molecule has 0 aliphatic carbocycles. The molecule has 2 atom stereocenters. The number of carbonyl (C=O) groups excluding carboxylic acids is 1. The molecule has 4 heteroatoms. The van der Waals surface area contributed by atoms with Crippen molar-refractivity contribution >= 4 is 11.9 Å². The lowest BCUT2D eigenvalue weighted by atomic mass is 10.0. The SMILES string of the molecule is CC1CC(CC(=O)O)C(=O)O1. The molecule has 0 amide bonds. The third-order valence-corrected chi connectivity index (χ3v) is 1.69. The molecule has 2 unspecified atom stereocenters. The fourth-order valence-corrected chi connectivity index (χ4v) is 1.22. The number of ether oxygens (including phenoxy) is 1. The van der Waals surface area contributed by atoms with E-state index in [0.717, 1.165) is 0 Å². The second-order valence-electron chi connectivity index (χ2n) is 2.78. The topological polar surface area (TPSA) is 63.6 Å². The van der Waals surface area contributed by atoms with Crippen LogP contribution in [0.3, 0.4) is 0 Å². The summed E-state index contributed by atoms with van der Waals surface area (Å²) in [7, 11) is 0. The van der Waals surface area contributed by atoms with E-state index in [0.29, 0.717) is 6.42 Å². The minimum Gasteiger partial charge on any atom is -0.481 e. The van der Waals surface area contributed by atoms with E-state index >= 15 is 0 Å². The highest BCUT2D eigenvalue weighted by molar-refractivity contribution is 5.80.